The first-order valence-electron chi connectivity index (χ1n) is 5.84. The zero-order valence-corrected chi connectivity index (χ0v) is 9.93. The molecule has 0 radical (unpaired) electrons. The third kappa shape index (κ3) is 3.64. The minimum atomic E-state index is 0.236. The molecule has 0 aromatic carbocycles. The largest absolute Gasteiger partial charge is 0.349 e. The summed E-state index contributed by atoms with van der Waals surface area (Å²) >= 11 is 0. The molecule has 5 heteroatoms. The monoisotopic (exact) mass is 231 g/mol. The second kappa shape index (κ2) is 6.10. The van der Waals surface area contributed by atoms with Crippen molar-refractivity contribution in [2.24, 2.45) is 0 Å². The van der Waals surface area contributed by atoms with E-state index < -0.39 is 0 Å². The summed E-state index contributed by atoms with van der Waals surface area (Å²) in [5, 5.41) is 3.42. The molecule has 0 spiro atoms. The van der Waals surface area contributed by atoms with Gasteiger partial charge in [-0.1, -0.05) is 0 Å². The van der Waals surface area contributed by atoms with Crippen molar-refractivity contribution in [1.82, 2.24) is 25.3 Å². The molecule has 1 atom stereocenters. The van der Waals surface area contributed by atoms with Crippen LogP contribution in [0.1, 0.15) is 30.9 Å². The Morgan fingerprint density at radius 1 is 1.29 bits per heavy atom. The van der Waals surface area contributed by atoms with E-state index in [1.165, 1.54) is 0 Å². The van der Waals surface area contributed by atoms with Crippen molar-refractivity contribution in [3.05, 3.63) is 42.5 Å². The van der Waals surface area contributed by atoms with Crippen molar-refractivity contribution >= 4 is 0 Å². The van der Waals surface area contributed by atoms with Gasteiger partial charge < -0.3 is 10.3 Å². The molecule has 2 rings (SSSR count). The topological polar surface area (TPSA) is 66.5 Å². The number of nitrogens with one attached hydrogen (secondary N) is 2. The maximum atomic E-state index is 4.26. The molecule has 90 valence electrons. The molecule has 0 amide bonds. The SMILES string of the molecule is CC(NCCCc1ncc[nH]1)c1cnccn1. The summed E-state index contributed by atoms with van der Waals surface area (Å²) in [4.78, 5) is 15.6. The zero-order chi connectivity index (χ0) is 11.9. The number of aromatic nitrogens is 4. The molecule has 0 aliphatic carbocycles. The Kier molecular flexibility index (Phi) is 4.21. The van der Waals surface area contributed by atoms with Gasteiger partial charge in [0.25, 0.3) is 0 Å². The molecule has 2 aromatic heterocycles. The van der Waals surface area contributed by atoms with E-state index in [2.05, 4.69) is 32.2 Å². The van der Waals surface area contributed by atoms with Gasteiger partial charge in [0.2, 0.25) is 0 Å². The smallest absolute Gasteiger partial charge is 0.106 e. The van der Waals surface area contributed by atoms with Crippen LogP contribution in [0.2, 0.25) is 0 Å². The van der Waals surface area contributed by atoms with Gasteiger partial charge in [0.15, 0.2) is 0 Å². The fourth-order valence-electron chi connectivity index (χ4n) is 1.65. The maximum Gasteiger partial charge on any atom is 0.106 e. The second-order valence-corrected chi connectivity index (χ2v) is 3.95. The van der Waals surface area contributed by atoms with Crippen LogP contribution in [0.3, 0.4) is 0 Å². The molecule has 0 saturated carbocycles. The third-order valence-electron chi connectivity index (χ3n) is 2.62. The van der Waals surface area contributed by atoms with Crippen LogP contribution in [0.5, 0.6) is 0 Å². The molecule has 1 unspecified atom stereocenters. The first-order valence-corrected chi connectivity index (χ1v) is 5.84. The highest BCUT2D eigenvalue weighted by atomic mass is 14.9. The molecule has 0 aliphatic rings. The lowest BCUT2D eigenvalue weighted by Crippen LogP contribution is -2.21. The van der Waals surface area contributed by atoms with Crippen molar-refractivity contribution in [3.63, 3.8) is 0 Å². The normalized spacial score (nSPS) is 12.5. The van der Waals surface area contributed by atoms with Crippen LogP contribution in [0.15, 0.2) is 31.0 Å². The Morgan fingerprint density at radius 3 is 2.94 bits per heavy atom. The summed E-state index contributed by atoms with van der Waals surface area (Å²) in [6.07, 6.45) is 10.9. The van der Waals surface area contributed by atoms with Crippen LogP contribution in [-0.4, -0.2) is 26.5 Å². The predicted molar refractivity (Wildman–Crippen MR) is 65.4 cm³/mol. The highest BCUT2D eigenvalue weighted by Crippen LogP contribution is 2.06. The summed E-state index contributed by atoms with van der Waals surface area (Å²) in [6.45, 7) is 3.04. The molecular weight excluding hydrogens is 214 g/mol. The molecule has 2 N–H and O–H groups in total. The van der Waals surface area contributed by atoms with E-state index in [0.717, 1.165) is 30.9 Å². The number of aryl methyl sites for hydroxylation is 1. The minimum absolute atomic E-state index is 0.236. The molecule has 0 saturated heterocycles. The minimum Gasteiger partial charge on any atom is -0.349 e. The quantitative estimate of drug-likeness (QED) is 0.739. The van der Waals surface area contributed by atoms with Gasteiger partial charge in [-0.3, -0.25) is 9.97 Å². The molecule has 2 heterocycles. The van der Waals surface area contributed by atoms with Crippen molar-refractivity contribution in [2.75, 3.05) is 6.54 Å². The van der Waals surface area contributed by atoms with E-state index in [4.69, 9.17) is 0 Å². The summed E-state index contributed by atoms with van der Waals surface area (Å²) in [7, 11) is 0. The molecule has 0 fully saturated rings. The number of aromatic amines is 1. The number of imidazole rings is 1. The molecule has 2 aromatic rings. The number of H-pyrrole nitrogens is 1. The summed E-state index contributed by atoms with van der Waals surface area (Å²) < 4.78 is 0. The Hall–Kier alpha value is -1.75. The van der Waals surface area contributed by atoms with E-state index >= 15 is 0 Å². The highest BCUT2D eigenvalue weighted by molar-refractivity contribution is 5.00. The van der Waals surface area contributed by atoms with Crippen LogP contribution < -0.4 is 5.32 Å². The van der Waals surface area contributed by atoms with Crippen molar-refractivity contribution in [1.29, 1.82) is 0 Å². The Balaban J connectivity index is 1.68. The van der Waals surface area contributed by atoms with Crippen LogP contribution in [0.25, 0.3) is 0 Å². The van der Waals surface area contributed by atoms with Crippen LogP contribution >= 0.6 is 0 Å². The van der Waals surface area contributed by atoms with Crippen molar-refractivity contribution in [2.45, 2.75) is 25.8 Å². The summed E-state index contributed by atoms with van der Waals surface area (Å²) in [5.74, 6) is 1.04. The average molecular weight is 231 g/mol. The van der Waals surface area contributed by atoms with Gasteiger partial charge in [-0.15, -0.1) is 0 Å². The molecule has 0 aliphatic heterocycles. The lowest BCUT2D eigenvalue weighted by atomic mass is 10.2. The van der Waals surface area contributed by atoms with E-state index in [0.29, 0.717) is 0 Å². The van der Waals surface area contributed by atoms with E-state index in [-0.39, 0.29) is 6.04 Å². The molecule has 0 bridgehead atoms. The Morgan fingerprint density at radius 2 is 2.24 bits per heavy atom. The lowest BCUT2D eigenvalue weighted by molar-refractivity contribution is 0.542. The van der Waals surface area contributed by atoms with Crippen molar-refractivity contribution in [3.8, 4) is 0 Å². The molecular formula is C12H17N5. The van der Waals surface area contributed by atoms with Crippen molar-refractivity contribution < 1.29 is 0 Å². The standard InChI is InChI=1S/C12H17N5/c1-10(11-9-13-5-6-15-11)14-4-2-3-12-16-7-8-17-12/h5-10,14H,2-4H2,1H3,(H,16,17). The van der Waals surface area contributed by atoms with Crippen LogP contribution in [-0.2, 0) is 6.42 Å². The molecule has 17 heavy (non-hydrogen) atoms. The van der Waals surface area contributed by atoms with Gasteiger partial charge in [0.1, 0.15) is 5.82 Å². The molecule has 5 nitrogen and oxygen atoms in total. The number of hydrogen-bond acceptors (Lipinski definition) is 4. The van der Waals surface area contributed by atoms with E-state index in [9.17, 15) is 0 Å². The Labute approximate surface area is 101 Å². The number of rotatable bonds is 6. The lowest BCUT2D eigenvalue weighted by Gasteiger charge is -2.12. The van der Waals surface area contributed by atoms with Gasteiger partial charge in [-0.25, -0.2) is 4.98 Å². The van der Waals surface area contributed by atoms with E-state index in [1.54, 1.807) is 24.8 Å². The van der Waals surface area contributed by atoms with Gasteiger partial charge in [-0.05, 0) is 19.9 Å². The van der Waals surface area contributed by atoms with Crippen LogP contribution in [0.4, 0.5) is 0 Å². The summed E-state index contributed by atoms with van der Waals surface area (Å²) in [5.41, 5.74) is 0.977. The first kappa shape index (κ1) is 11.7. The fourth-order valence-corrected chi connectivity index (χ4v) is 1.65. The van der Waals surface area contributed by atoms with Gasteiger partial charge in [0, 0.05) is 43.4 Å². The van der Waals surface area contributed by atoms with E-state index in [1.807, 2.05) is 6.20 Å². The number of nitrogens with zero attached hydrogens (tertiary/aromatic N) is 3. The average Bonchev–Trinajstić information content (AvgIpc) is 2.88. The zero-order valence-electron chi connectivity index (χ0n) is 9.93. The van der Waals surface area contributed by atoms with Gasteiger partial charge in [-0.2, -0.15) is 0 Å². The van der Waals surface area contributed by atoms with Crippen LogP contribution in [0, 0.1) is 0 Å². The van der Waals surface area contributed by atoms with Gasteiger partial charge in [0.05, 0.1) is 5.69 Å². The predicted octanol–water partition coefficient (Wildman–Crippen LogP) is 1.48. The fraction of sp³-hybridized carbons (Fsp3) is 0.417. The third-order valence-corrected chi connectivity index (χ3v) is 2.62. The highest BCUT2D eigenvalue weighted by Gasteiger charge is 2.05. The number of hydrogen-bond donors (Lipinski definition) is 2. The van der Waals surface area contributed by atoms with Gasteiger partial charge >= 0.3 is 0 Å². The summed E-state index contributed by atoms with van der Waals surface area (Å²) in [6, 6.07) is 0.236. The second-order valence-electron chi connectivity index (χ2n) is 3.95. The Bertz CT molecular complexity index is 412. The first-order chi connectivity index (χ1) is 8.36. The maximum absolute atomic E-state index is 4.26.